The second-order valence-corrected chi connectivity index (χ2v) is 7.27. The first-order valence-corrected chi connectivity index (χ1v) is 9.89. The SMILES string of the molecule is CCCCCCCCC1CCC(=O)C1CCCCCCC(=O)O. The maximum absolute atomic E-state index is 12.1. The Morgan fingerprint density at radius 1 is 0.957 bits per heavy atom. The lowest BCUT2D eigenvalue weighted by Crippen LogP contribution is -2.15. The quantitative estimate of drug-likeness (QED) is 0.413. The Hall–Kier alpha value is -0.860. The van der Waals surface area contributed by atoms with Crippen LogP contribution >= 0.6 is 0 Å². The fourth-order valence-corrected chi connectivity index (χ4v) is 3.90. The van der Waals surface area contributed by atoms with Crippen LogP contribution in [0.15, 0.2) is 0 Å². The Morgan fingerprint density at radius 3 is 2.26 bits per heavy atom. The Balaban J connectivity index is 2.11. The first-order chi connectivity index (χ1) is 11.1. The van der Waals surface area contributed by atoms with E-state index in [2.05, 4.69) is 6.92 Å². The lowest BCUT2D eigenvalue weighted by molar-refractivity contribution is -0.137. The highest BCUT2D eigenvalue weighted by Gasteiger charge is 2.33. The number of aliphatic carboxylic acids is 1. The van der Waals surface area contributed by atoms with E-state index in [1.807, 2.05) is 0 Å². The molecule has 0 bridgehead atoms. The van der Waals surface area contributed by atoms with E-state index in [0.29, 0.717) is 17.6 Å². The summed E-state index contributed by atoms with van der Waals surface area (Å²) in [5, 5.41) is 8.62. The van der Waals surface area contributed by atoms with E-state index in [0.717, 1.165) is 44.9 Å². The molecule has 1 rings (SSSR count). The average Bonchev–Trinajstić information content (AvgIpc) is 2.86. The summed E-state index contributed by atoms with van der Waals surface area (Å²) in [6, 6.07) is 0. The molecular weight excluding hydrogens is 288 g/mol. The molecule has 3 nitrogen and oxygen atoms in total. The lowest BCUT2D eigenvalue weighted by atomic mass is 9.86. The third-order valence-corrected chi connectivity index (χ3v) is 5.33. The number of carboxylic acids is 1. The molecule has 1 aliphatic carbocycles. The predicted octanol–water partition coefficient (Wildman–Crippen LogP) is 5.76. The summed E-state index contributed by atoms with van der Waals surface area (Å²) in [6.07, 6.45) is 16.3. The molecule has 0 saturated heterocycles. The number of carboxylic acid groups (broad SMARTS) is 1. The Morgan fingerprint density at radius 2 is 1.57 bits per heavy atom. The van der Waals surface area contributed by atoms with Gasteiger partial charge in [0, 0.05) is 18.8 Å². The molecule has 1 aliphatic rings. The number of Topliss-reactive ketones (excluding diaryl/α,β-unsaturated/α-hetero) is 1. The van der Waals surface area contributed by atoms with Crippen molar-refractivity contribution >= 4 is 11.8 Å². The van der Waals surface area contributed by atoms with Crippen molar-refractivity contribution in [1.82, 2.24) is 0 Å². The first-order valence-electron chi connectivity index (χ1n) is 9.89. The Bertz CT molecular complexity index is 338. The van der Waals surface area contributed by atoms with Crippen LogP contribution in [0.2, 0.25) is 0 Å². The number of rotatable bonds is 14. The predicted molar refractivity (Wildman–Crippen MR) is 94.6 cm³/mol. The zero-order valence-electron chi connectivity index (χ0n) is 15.0. The third kappa shape index (κ3) is 9.12. The minimum atomic E-state index is -0.699. The number of carbonyl (C=O) groups is 2. The van der Waals surface area contributed by atoms with E-state index in [4.69, 9.17) is 5.11 Å². The summed E-state index contributed by atoms with van der Waals surface area (Å²) < 4.78 is 0. The van der Waals surface area contributed by atoms with Gasteiger partial charge in [-0.05, 0) is 31.6 Å². The van der Waals surface area contributed by atoms with Crippen LogP contribution in [0.5, 0.6) is 0 Å². The van der Waals surface area contributed by atoms with Crippen molar-refractivity contribution in [2.75, 3.05) is 0 Å². The molecule has 3 heteroatoms. The van der Waals surface area contributed by atoms with Gasteiger partial charge in [0.15, 0.2) is 0 Å². The van der Waals surface area contributed by atoms with Crippen LogP contribution in [-0.2, 0) is 9.59 Å². The topological polar surface area (TPSA) is 54.4 Å². The Labute approximate surface area is 142 Å². The first kappa shape index (κ1) is 20.2. The number of unbranched alkanes of at least 4 members (excludes halogenated alkanes) is 8. The van der Waals surface area contributed by atoms with E-state index in [1.165, 1.54) is 44.9 Å². The van der Waals surface area contributed by atoms with Gasteiger partial charge in [-0.2, -0.15) is 0 Å². The molecule has 0 spiro atoms. The van der Waals surface area contributed by atoms with Crippen molar-refractivity contribution in [2.24, 2.45) is 11.8 Å². The summed E-state index contributed by atoms with van der Waals surface area (Å²) in [6.45, 7) is 2.25. The molecule has 0 heterocycles. The third-order valence-electron chi connectivity index (χ3n) is 5.33. The molecule has 0 aliphatic heterocycles. The number of hydrogen-bond donors (Lipinski definition) is 1. The van der Waals surface area contributed by atoms with Gasteiger partial charge in [0.25, 0.3) is 0 Å². The maximum Gasteiger partial charge on any atom is 0.303 e. The van der Waals surface area contributed by atoms with E-state index < -0.39 is 5.97 Å². The molecule has 2 atom stereocenters. The van der Waals surface area contributed by atoms with Crippen LogP contribution in [-0.4, -0.2) is 16.9 Å². The highest BCUT2D eigenvalue weighted by Crippen LogP contribution is 2.36. The molecule has 1 N–H and O–H groups in total. The van der Waals surface area contributed by atoms with Crippen molar-refractivity contribution in [1.29, 1.82) is 0 Å². The molecule has 1 saturated carbocycles. The van der Waals surface area contributed by atoms with Gasteiger partial charge in [0.2, 0.25) is 0 Å². The molecule has 1 fully saturated rings. The molecule has 0 aromatic heterocycles. The van der Waals surface area contributed by atoms with E-state index in [9.17, 15) is 9.59 Å². The second-order valence-electron chi connectivity index (χ2n) is 7.27. The molecular formula is C20H36O3. The maximum atomic E-state index is 12.1. The summed E-state index contributed by atoms with van der Waals surface area (Å²) in [7, 11) is 0. The fraction of sp³-hybridized carbons (Fsp3) is 0.900. The number of hydrogen-bond acceptors (Lipinski definition) is 2. The molecule has 0 aromatic rings. The van der Waals surface area contributed by atoms with Crippen molar-refractivity contribution in [2.45, 2.75) is 103 Å². The standard InChI is InChI=1S/C20H36O3/c1-2-3-4-5-6-9-12-17-15-16-19(21)18(17)13-10-7-8-11-14-20(22)23/h17-18H,2-16H2,1H3,(H,22,23). The zero-order valence-corrected chi connectivity index (χ0v) is 15.0. The van der Waals surface area contributed by atoms with Crippen LogP contribution in [0, 0.1) is 11.8 Å². The van der Waals surface area contributed by atoms with Gasteiger partial charge in [-0.25, -0.2) is 0 Å². The van der Waals surface area contributed by atoms with Crippen LogP contribution < -0.4 is 0 Å². The summed E-state index contributed by atoms with van der Waals surface area (Å²) >= 11 is 0. The van der Waals surface area contributed by atoms with Crippen molar-refractivity contribution in [3.63, 3.8) is 0 Å². The molecule has 0 aromatic carbocycles. The number of carbonyl (C=O) groups excluding carboxylic acids is 1. The monoisotopic (exact) mass is 324 g/mol. The van der Waals surface area contributed by atoms with E-state index in [-0.39, 0.29) is 6.42 Å². The van der Waals surface area contributed by atoms with Crippen LogP contribution in [0.4, 0.5) is 0 Å². The summed E-state index contributed by atoms with van der Waals surface area (Å²) in [4.78, 5) is 22.6. The van der Waals surface area contributed by atoms with Gasteiger partial charge in [-0.1, -0.05) is 64.7 Å². The zero-order chi connectivity index (χ0) is 16.9. The van der Waals surface area contributed by atoms with Gasteiger partial charge < -0.3 is 5.11 Å². The molecule has 134 valence electrons. The van der Waals surface area contributed by atoms with E-state index >= 15 is 0 Å². The van der Waals surface area contributed by atoms with Crippen LogP contribution in [0.3, 0.4) is 0 Å². The second kappa shape index (κ2) is 12.5. The van der Waals surface area contributed by atoms with Crippen molar-refractivity contribution < 1.29 is 14.7 Å². The number of ketones is 1. The van der Waals surface area contributed by atoms with E-state index in [1.54, 1.807) is 0 Å². The molecule has 0 radical (unpaired) electrons. The van der Waals surface area contributed by atoms with Crippen molar-refractivity contribution in [3.05, 3.63) is 0 Å². The van der Waals surface area contributed by atoms with Gasteiger partial charge in [0.05, 0.1) is 0 Å². The highest BCUT2D eigenvalue weighted by molar-refractivity contribution is 5.83. The van der Waals surface area contributed by atoms with Gasteiger partial charge in [0.1, 0.15) is 5.78 Å². The largest absolute Gasteiger partial charge is 0.481 e. The highest BCUT2D eigenvalue weighted by atomic mass is 16.4. The smallest absolute Gasteiger partial charge is 0.303 e. The molecule has 0 amide bonds. The van der Waals surface area contributed by atoms with Gasteiger partial charge >= 0.3 is 5.97 Å². The van der Waals surface area contributed by atoms with Gasteiger partial charge in [-0.3, -0.25) is 9.59 Å². The summed E-state index contributed by atoms with van der Waals surface area (Å²) in [5.41, 5.74) is 0. The lowest BCUT2D eigenvalue weighted by Gasteiger charge is -2.18. The fourth-order valence-electron chi connectivity index (χ4n) is 3.90. The molecule has 2 unspecified atom stereocenters. The van der Waals surface area contributed by atoms with Crippen LogP contribution in [0.1, 0.15) is 103 Å². The van der Waals surface area contributed by atoms with Crippen molar-refractivity contribution in [3.8, 4) is 0 Å². The minimum Gasteiger partial charge on any atom is -0.481 e. The Kier molecular flexibility index (Phi) is 11.0. The normalized spacial score (nSPS) is 21.0. The van der Waals surface area contributed by atoms with Gasteiger partial charge in [-0.15, -0.1) is 0 Å². The van der Waals surface area contributed by atoms with Crippen LogP contribution in [0.25, 0.3) is 0 Å². The minimum absolute atomic E-state index is 0.281. The average molecular weight is 325 g/mol. The molecule has 23 heavy (non-hydrogen) atoms. The summed E-state index contributed by atoms with van der Waals surface area (Å²) in [5.74, 6) is 0.735.